The van der Waals surface area contributed by atoms with Gasteiger partial charge in [0.1, 0.15) is 17.5 Å². The van der Waals surface area contributed by atoms with Crippen LogP contribution >= 0.6 is 23.4 Å². The Morgan fingerprint density at radius 3 is 2.04 bits per heavy atom. The van der Waals surface area contributed by atoms with Crippen LogP contribution in [-0.2, 0) is 14.8 Å². The molecule has 1 atom stereocenters. The van der Waals surface area contributed by atoms with Crippen LogP contribution in [0.25, 0.3) is 0 Å². The van der Waals surface area contributed by atoms with Gasteiger partial charge in [-0.2, -0.15) is 16.5 Å². The number of hydrogen-bond acceptors (Lipinski definition) is 5. The molecule has 0 aliphatic heterocycles. The van der Waals surface area contributed by atoms with Crippen LogP contribution in [0.2, 0.25) is 5.02 Å². The van der Waals surface area contributed by atoms with Crippen molar-refractivity contribution in [3.8, 4) is 11.5 Å². The molecule has 2 rings (SSSR count). The van der Waals surface area contributed by atoms with Crippen LogP contribution in [0, 0.1) is 0 Å². The van der Waals surface area contributed by atoms with E-state index in [2.05, 4.69) is 4.72 Å². The number of carboxylic acid groups (broad SMARTS) is 1. The third kappa shape index (κ3) is 5.62. The maximum absolute atomic E-state index is 12.6. The van der Waals surface area contributed by atoms with Crippen LogP contribution in [0.1, 0.15) is 13.8 Å². The highest BCUT2D eigenvalue weighted by atomic mass is 35.5. The molecule has 0 fully saturated rings. The van der Waals surface area contributed by atoms with E-state index in [1.54, 1.807) is 44.4 Å². The summed E-state index contributed by atoms with van der Waals surface area (Å²) in [5, 5.41) is 9.99. The number of sulfonamides is 1. The third-order valence-electron chi connectivity index (χ3n) is 3.92. The summed E-state index contributed by atoms with van der Waals surface area (Å²) < 4.78 is 32.2. The van der Waals surface area contributed by atoms with Crippen LogP contribution in [-0.4, -0.2) is 36.5 Å². The van der Waals surface area contributed by atoms with E-state index in [0.717, 1.165) is 0 Å². The Morgan fingerprint density at radius 2 is 1.59 bits per heavy atom. The monoisotopic (exact) mass is 429 g/mol. The van der Waals surface area contributed by atoms with E-state index in [4.69, 9.17) is 16.3 Å². The summed E-state index contributed by atoms with van der Waals surface area (Å²) in [6.07, 6.45) is 1.73. The zero-order valence-corrected chi connectivity index (χ0v) is 17.4. The lowest BCUT2D eigenvalue weighted by atomic mass is 10.1. The van der Waals surface area contributed by atoms with Gasteiger partial charge in [0.15, 0.2) is 0 Å². The molecule has 0 spiro atoms. The number of rotatable bonds is 8. The summed E-state index contributed by atoms with van der Waals surface area (Å²) in [4.78, 5) is 11.5. The fourth-order valence-corrected chi connectivity index (χ4v) is 4.09. The van der Waals surface area contributed by atoms with Gasteiger partial charge in [0.05, 0.1) is 4.90 Å². The van der Waals surface area contributed by atoms with Gasteiger partial charge in [-0.15, -0.1) is 0 Å². The molecule has 2 aromatic rings. The zero-order valence-electron chi connectivity index (χ0n) is 15.0. The van der Waals surface area contributed by atoms with E-state index in [0.29, 0.717) is 16.5 Å². The number of nitrogens with one attached hydrogen (secondary N) is 1. The highest BCUT2D eigenvalue weighted by Gasteiger charge is 2.38. The molecular formula is C18H20ClNO5S2. The largest absolute Gasteiger partial charge is 0.480 e. The second kappa shape index (κ2) is 8.52. The van der Waals surface area contributed by atoms with Crippen LogP contribution in [0.15, 0.2) is 53.4 Å². The molecule has 0 saturated carbocycles. The minimum atomic E-state index is -4.01. The summed E-state index contributed by atoms with van der Waals surface area (Å²) in [6, 6.07) is 11.2. The lowest BCUT2D eigenvalue weighted by Gasteiger charge is -2.29. The van der Waals surface area contributed by atoms with Gasteiger partial charge in [-0.3, -0.25) is 4.79 Å². The summed E-state index contributed by atoms with van der Waals surface area (Å²) in [5.41, 5.74) is 0. The van der Waals surface area contributed by atoms with Gasteiger partial charge >= 0.3 is 5.97 Å². The first-order valence-electron chi connectivity index (χ1n) is 7.89. The first-order chi connectivity index (χ1) is 12.5. The van der Waals surface area contributed by atoms with Crippen molar-refractivity contribution < 1.29 is 23.1 Å². The number of halogens is 1. The molecular weight excluding hydrogens is 410 g/mol. The van der Waals surface area contributed by atoms with Gasteiger partial charge in [0, 0.05) is 9.77 Å². The topological polar surface area (TPSA) is 92.7 Å². The number of aliphatic carboxylic acids is 1. The molecule has 0 aromatic heterocycles. The van der Waals surface area contributed by atoms with E-state index < -0.39 is 26.8 Å². The molecule has 0 amide bonds. The average molecular weight is 430 g/mol. The highest BCUT2D eigenvalue weighted by molar-refractivity contribution is 8.00. The third-order valence-corrected chi connectivity index (χ3v) is 6.90. The van der Waals surface area contributed by atoms with Gasteiger partial charge in [0.2, 0.25) is 10.0 Å². The molecule has 9 heteroatoms. The maximum atomic E-state index is 12.6. The second-order valence-corrected chi connectivity index (χ2v) is 9.84. The number of hydrogen-bond donors (Lipinski definition) is 2. The summed E-state index contributed by atoms with van der Waals surface area (Å²) >= 11 is 7.09. The van der Waals surface area contributed by atoms with Crippen LogP contribution in [0.4, 0.5) is 0 Å². The van der Waals surface area contributed by atoms with E-state index in [1.165, 1.54) is 36.0 Å². The Kier molecular flexibility index (Phi) is 6.80. The van der Waals surface area contributed by atoms with E-state index >= 15 is 0 Å². The van der Waals surface area contributed by atoms with Gasteiger partial charge < -0.3 is 9.84 Å². The van der Waals surface area contributed by atoms with Crippen LogP contribution < -0.4 is 9.46 Å². The Balaban J connectivity index is 2.19. The van der Waals surface area contributed by atoms with Gasteiger partial charge in [0.25, 0.3) is 0 Å². The van der Waals surface area contributed by atoms with Gasteiger partial charge in [-0.25, -0.2) is 8.42 Å². The Labute approximate surface area is 167 Å². The predicted octanol–water partition coefficient (Wildman–Crippen LogP) is 4.01. The number of benzene rings is 2. The summed E-state index contributed by atoms with van der Waals surface area (Å²) in [7, 11) is -4.01. The molecule has 146 valence electrons. The van der Waals surface area contributed by atoms with Crippen molar-refractivity contribution in [2.24, 2.45) is 0 Å². The lowest BCUT2D eigenvalue weighted by Crippen LogP contribution is -2.52. The Bertz CT molecular complexity index is 896. The quantitative estimate of drug-likeness (QED) is 0.658. The molecule has 2 N–H and O–H groups in total. The highest BCUT2D eigenvalue weighted by Crippen LogP contribution is 2.28. The molecule has 0 unspecified atom stereocenters. The van der Waals surface area contributed by atoms with Crippen LogP contribution in [0.5, 0.6) is 11.5 Å². The standard InChI is InChI=1S/C18H20ClNO5S2/c1-18(2,26-3)16(17(21)22)20-27(23,24)15-10-8-14(9-11-15)25-13-6-4-12(19)5-7-13/h4-11,16,20H,1-3H3,(H,21,22)/t16-/m0/s1. The van der Waals surface area contributed by atoms with E-state index in [1.807, 2.05) is 0 Å². The van der Waals surface area contributed by atoms with Crippen molar-refractivity contribution >= 4 is 39.4 Å². The number of ether oxygens (including phenoxy) is 1. The second-order valence-electron chi connectivity index (χ2n) is 6.23. The summed E-state index contributed by atoms with van der Waals surface area (Å²) in [5.74, 6) is -0.239. The SMILES string of the molecule is CSC(C)(C)[C@@H](NS(=O)(=O)c1ccc(Oc2ccc(Cl)cc2)cc1)C(=O)O. The molecule has 0 heterocycles. The molecule has 0 aliphatic carbocycles. The average Bonchev–Trinajstić information content (AvgIpc) is 2.62. The zero-order chi connectivity index (χ0) is 20.2. The molecule has 0 aliphatic rings. The Morgan fingerprint density at radius 1 is 1.11 bits per heavy atom. The van der Waals surface area contributed by atoms with Crippen molar-refractivity contribution in [2.75, 3.05) is 6.26 Å². The molecule has 2 aromatic carbocycles. The summed E-state index contributed by atoms with van der Waals surface area (Å²) in [6.45, 7) is 3.34. The normalized spacial score (nSPS) is 13.2. The first-order valence-corrected chi connectivity index (χ1v) is 11.0. The van der Waals surface area contributed by atoms with Crippen molar-refractivity contribution in [1.82, 2.24) is 4.72 Å². The predicted molar refractivity (Wildman–Crippen MR) is 107 cm³/mol. The van der Waals surface area contributed by atoms with Crippen molar-refractivity contribution in [3.63, 3.8) is 0 Å². The molecule has 6 nitrogen and oxygen atoms in total. The first kappa shape index (κ1) is 21.6. The number of carbonyl (C=O) groups is 1. The van der Waals surface area contributed by atoms with Crippen molar-refractivity contribution in [3.05, 3.63) is 53.6 Å². The van der Waals surface area contributed by atoms with Gasteiger partial charge in [-0.05, 0) is 68.6 Å². The van der Waals surface area contributed by atoms with Crippen molar-refractivity contribution in [1.29, 1.82) is 0 Å². The minimum Gasteiger partial charge on any atom is -0.480 e. The number of carboxylic acids is 1. The fourth-order valence-electron chi connectivity index (χ4n) is 2.16. The molecule has 27 heavy (non-hydrogen) atoms. The minimum absolute atomic E-state index is 0.0471. The van der Waals surface area contributed by atoms with Gasteiger partial charge in [-0.1, -0.05) is 11.6 Å². The Hall–Kier alpha value is -1.74. The maximum Gasteiger partial charge on any atom is 0.323 e. The lowest BCUT2D eigenvalue weighted by molar-refractivity contribution is -0.139. The molecule has 0 saturated heterocycles. The smallest absolute Gasteiger partial charge is 0.323 e. The van der Waals surface area contributed by atoms with E-state index in [-0.39, 0.29) is 4.90 Å². The van der Waals surface area contributed by atoms with Crippen LogP contribution in [0.3, 0.4) is 0 Å². The molecule has 0 radical (unpaired) electrons. The van der Waals surface area contributed by atoms with Crippen molar-refractivity contribution in [2.45, 2.75) is 29.5 Å². The van der Waals surface area contributed by atoms with E-state index in [9.17, 15) is 18.3 Å². The number of thioether (sulfide) groups is 1. The fraction of sp³-hybridized carbons (Fsp3) is 0.278. The molecule has 0 bridgehead atoms.